The van der Waals surface area contributed by atoms with E-state index < -0.39 is 0 Å². The van der Waals surface area contributed by atoms with Crippen molar-refractivity contribution in [1.82, 2.24) is 9.97 Å². The highest BCUT2D eigenvalue weighted by Gasteiger charge is 2.05. The van der Waals surface area contributed by atoms with Gasteiger partial charge in [-0.05, 0) is 32.4 Å². The van der Waals surface area contributed by atoms with Gasteiger partial charge in [0.25, 0.3) is 0 Å². The second-order valence-corrected chi connectivity index (χ2v) is 4.70. The number of nitrogens with zero attached hydrogens (tertiary/aromatic N) is 3. The van der Waals surface area contributed by atoms with E-state index in [1.165, 1.54) is 0 Å². The van der Waals surface area contributed by atoms with E-state index in [0.717, 1.165) is 17.0 Å². The summed E-state index contributed by atoms with van der Waals surface area (Å²) >= 11 is 0. The number of nitrogens with two attached hydrogens (primary N) is 1. The van der Waals surface area contributed by atoms with Gasteiger partial charge in [0.1, 0.15) is 0 Å². The summed E-state index contributed by atoms with van der Waals surface area (Å²) in [4.78, 5) is 12.9. The smallest absolute Gasteiger partial charge is 0.229 e. The van der Waals surface area contributed by atoms with Gasteiger partial charge < -0.3 is 5.73 Å². The van der Waals surface area contributed by atoms with Crippen molar-refractivity contribution in [3.63, 3.8) is 0 Å². The molecule has 0 fully saturated rings. The minimum Gasteiger partial charge on any atom is -0.370 e. The van der Waals surface area contributed by atoms with Gasteiger partial charge in [-0.15, -0.1) is 0 Å². The minimum atomic E-state index is -0.0189. The lowest BCUT2D eigenvalue weighted by Crippen LogP contribution is -2.24. The topological polar surface area (TPSA) is 76.2 Å². The van der Waals surface area contributed by atoms with Crippen molar-refractivity contribution in [2.75, 3.05) is 5.32 Å². The average Bonchev–Trinajstić information content (AvgIpc) is 2.38. The summed E-state index contributed by atoms with van der Waals surface area (Å²) in [5, 5.41) is 2.93. The number of rotatable bonds is 3. The molecule has 2 rings (SSSR count). The average molecular weight is 269 g/mol. The second-order valence-electron chi connectivity index (χ2n) is 4.70. The Kier molecular flexibility index (Phi) is 4.30. The first-order valence-corrected chi connectivity index (χ1v) is 6.52. The molecule has 0 aliphatic carbocycles. The summed E-state index contributed by atoms with van der Waals surface area (Å²) in [5.41, 5.74) is 8.80. The number of aliphatic imine (C=N–C) groups is 1. The molecule has 0 saturated carbocycles. The van der Waals surface area contributed by atoms with E-state index in [0.29, 0.717) is 11.9 Å². The predicted octanol–water partition coefficient (Wildman–Crippen LogP) is 2.58. The lowest BCUT2D eigenvalue weighted by atomic mass is 10.1. The van der Waals surface area contributed by atoms with Gasteiger partial charge >= 0.3 is 0 Å². The lowest BCUT2D eigenvalue weighted by molar-refractivity contribution is 0.817. The van der Waals surface area contributed by atoms with Crippen LogP contribution in [0.3, 0.4) is 0 Å². The van der Waals surface area contributed by atoms with Crippen LogP contribution in [0.15, 0.2) is 41.4 Å². The highest BCUT2D eigenvalue weighted by atomic mass is 15.2. The summed E-state index contributed by atoms with van der Waals surface area (Å²) in [6, 6.07) is 11.9. The van der Waals surface area contributed by atoms with Crippen molar-refractivity contribution in [3.05, 3.63) is 53.3 Å². The minimum absolute atomic E-state index is 0.0189. The van der Waals surface area contributed by atoms with Crippen molar-refractivity contribution in [3.8, 4) is 0 Å². The molecule has 0 unspecified atom stereocenters. The first-order valence-electron chi connectivity index (χ1n) is 6.52. The monoisotopic (exact) mass is 269 g/mol. The van der Waals surface area contributed by atoms with Crippen LogP contribution in [0.25, 0.3) is 0 Å². The fourth-order valence-corrected chi connectivity index (χ4v) is 1.94. The number of anilines is 1. The van der Waals surface area contributed by atoms with Crippen LogP contribution in [0.2, 0.25) is 0 Å². The molecular weight excluding hydrogens is 250 g/mol. The number of hydrogen-bond acceptors (Lipinski definition) is 3. The summed E-state index contributed by atoms with van der Waals surface area (Å²) < 4.78 is 0. The first-order chi connectivity index (χ1) is 9.54. The fraction of sp³-hybridized carbons (Fsp3) is 0.267. The summed E-state index contributed by atoms with van der Waals surface area (Å²) in [5.74, 6) is 0.787. The van der Waals surface area contributed by atoms with Crippen LogP contribution < -0.4 is 11.1 Å². The molecule has 3 N–H and O–H groups in total. The lowest BCUT2D eigenvalue weighted by Gasteiger charge is -2.10. The van der Waals surface area contributed by atoms with Gasteiger partial charge in [0.05, 0.1) is 6.04 Å². The predicted molar refractivity (Wildman–Crippen MR) is 81.6 cm³/mol. The highest BCUT2D eigenvalue weighted by Crippen LogP contribution is 2.15. The molecule has 1 atom stereocenters. The van der Waals surface area contributed by atoms with Crippen molar-refractivity contribution in [2.24, 2.45) is 10.7 Å². The largest absolute Gasteiger partial charge is 0.370 e. The van der Waals surface area contributed by atoms with Crippen molar-refractivity contribution in [1.29, 1.82) is 0 Å². The van der Waals surface area contributed by atoms with Crippen LogP contribution in [0.1, 0.15) is 29.9 Å². The molecule has 0 spiro atoms. The Morgan fingerprint density at radius 3 is 2.35 bits per heavy atom. The van der Waals surface area contributed by atoms with Gasteiger partial charge in [0.15, 0.2) is 5.96 Å². The molecule has 0 bridgehead atoms. The van der Waals surface area contributed by atoms with Crippen molar-refractivity contribution in [2.45, 2.75) is 26.8 Å². The molecule has 0 aliphatic heterocycles. The molecule has 0 saturated heterocycles. The normalized spacial score (nSPS) is 13.1. The van der Waals surface area contributed by atoms with E-state index in [2.05, 4.69) is 20.3 Å². The number of guanidine groups is 1. The summed E-state index contributed by atoms with van der Waals surface area (Å²) in [6.07, 6.45) is 0. The molecule has 1 heterocycles. The summed E-state index contributed by atoms with van der Waals surface area (Å²) in [6.45, 7) is 5.83. The van der Waals surface area contributed by atoms with E-state index in [-0.39, 0.29) is 6.04 Å². The number of aryl methyl sites for hydroxylation is 2. The third-order valence-corrected chi connectivity index (χ3v) is 2.84. The van der Waals surface area contributed by atoms with Crippen LogP contribution in [-0.2, 0) is 0 Å². The molecule has 5 nitrogen and oxygen atoms in total. The zero-order valence-electron chi connectivity index (χ0n) is 12.0. The molecule has 0 aliphatic rings. The van der Waals surface area contributed by atoms with Gasteiger partial charge in [0.2, 0.25) is 5.95 Å². The maximum Gasteiger partial charge on any atom is 0.229 e. The molecule has 0 amide bonds. The second kappa shape index (κ2) is 6.14. The van der Waals surface area contributed by atoms with Gasteiger partial charge in [-0.3, -0.25) is 5.32 Å². The van der Waals surface area contributed by atoms with E-state index in [1.807, 2.05) is 57.2 Å². The van der Waals surface area contributed by atoms with Crippen LogP contribution in [0, 0.1) is 13.8 Å². The van der Waals surface area contributed by atoms with Crippen molar-refractivity contribution < 1.29 is 0 Å². The molecule has 0 radical (unpaired) electrons. The van der Waals surface area contributed by atoms with E-state index in [4.69, 9.17) is 5.73 Å². The summed E-state index contributed by atoms with van der Waals surface area (Å²) in [7, 11) is 0. The Bertz CT molecular complexity index is 587. The zero-order chi connectivity index (χ0) is 14.5. The van der Waals surface area contributed by atoms with Gasteiger partial charge in [-0.25, -0.2) is 15.0 Å². The molecule has 1 aromatic heterocycles. The molecule has 2 aromatic rings. The van der Waals surface area contributed by atoms with Crippen LogP contribution in [-0.4, -0.2) is 15.9 Å². The Labute approximate surface area is 119 Å². The third kappa shape index (κ3) is 3.78. The Balaban J connectivity index is 2.11. The van der Waals surface area contributed by atoms with Gasteiger partial charge in [-0.1, -0.05) is 30.3 Å². The van der Waals surface area contributed by atoms with E-state index >= 15 is 0 Å². The Hall–Kier alpha value is -2.43. The van der Waals surface area contributed by atoms with Crippen LogP contribution >= 0.6 is 0 Å². The van der Waals surface area contributed by atoms with Gasteiger partial charge in [-0.2, -0.15) is 0 Å². The zero-order valence-corrected chi connectivity index (χ0v) is 12.0. The van der Waals surface area contributed by atoms with Crippen LogP contribution in [0.5, 0.6) is 0 Å². The van der Waals surface area contributed by atoms with Crippen molar-refractivity contribution >= 4 is 11.9 Å². The van der Waals surface area contributed by atoms with Crippen LogP contribution in [0.4, 0.5) is 5.95 Å². The number of aromatic nitrogens is 2. The standard InChI is InChI=1S/C15H19N5/c1-10-9-11(2)18-15(17-10)20-14(16)19-12(3)13-7-5-4-6-8-13/h4-9,12H,1-3H3,(H3,16,17,18,19,20)/t12-/m0/s1. The van der Waals surface area contributed by atoms with Gasteiger partial charge in [0, 0.05) is 11.4 Å². The maximum absolute atomic E-state index is 5.90. The number of hydrogen-bond donors (Lipinski definition) is 2. The number of benzene rings is 1. The molecule has 20 heavy (non-hydrogen) atoms. The highest BCUT2D eigenvalue weighted by molar-refractivity contribution is 5.90. The molecule has 104 valence electrons. The number of nitrogens with one attached hydrogen (secondary N) is 1. The Morgan fingerprint density at radius 2 is 1.75 bits per heavy atom. The van der Waals surface area contributed by atoms with E-state index in [9.17, 15) is 0 Å². The third-order valence-electron chi connectivity index (χ3n) is 2.84. The SMILES string of the molecule is Cc1cc(C)nc(NC(N)=N[C@@H](C)c2ccccc2)n1. The fourth-order valence-electron chi connectivity index (χ4n) is 1.94. The molecular formula is C15H19N5. The molecule has 5 heteroatoms. The van der Waals surface area contributed by atoms with E-state index in [1.54, 1.807) is 0 Å². The Morgan fingerprint density at radius 1 is 1.15 bits per heavy atom. The maximum atomic E-state index is 5.90. The first kappa shape index (κ1) is 14.0. The molecule has 1 aromatic carbocycles. The quantitative estimate of drug-likeness (QED) is 0.663.